The summed E-state index contributed by atoms with van der Waals surface area (Å²) in [6.45, 7) is 3.59. The first kappa shape index (κ1) is 16.2. The Bertz CT molecular complexity index is 270. The molecule has 0 saturated carbocycles. The molecule has 0 aromatic heterocycles. The molecule has 2 saturated heterocycles. The number of likely N-dealkylation sites (tertiary alicyclic amines) is 1. The number of carbonyl (C=O) groups is 2. The Morgan fingerprint density at radius 1 is 1.16 bits per heavy atom. The van der Waals surface area contributed by atoms with E-state index in [4.69, 9.17) is 0 Å². The zero-order chi connectivity index (χ0) is 12.8. The van der Waals surface area contributed by atoms with Gasteiger partial charge in [0.15, 0.2) is 0 Å². The van der Waals surface area contributed by atoms with Crippen molar-refractivity contribution in [2.24, 2.45) is 5.92 Å². The minimum atomic E-state index is 0. The van der Waals surface area contributed by atoms with Crippen molar-refractivity contribution in [2.75, 3.05) is 32.7 Å². The molecule has 2 aliphatic heterocycles. The maximum absolute atomic E-state index is 11.9. The molecule has 2 fully saturated rings. The molecule has 19 heavy (non-hydrogen) atoms. The number of hydrogen-bond acceptors (Lipinski definition) is 3. The van der Waals surface area contributed by atoms with Crippen LogP contribution in [0.3, 0.4) is 0 Å². The van der Waals surface area contributed by atoms with E-state index in [2.05, 4.69) is 10.6 Å². The van der Waals surface area contributed by atoms with E-state index in [0.717, 1.165) is 51.9 Å². The van der Waals surface area contributed by atoms with Crippen LogP contribution in [0.15, 0.2) is 0 Å². The zero-order valence-corrected chi connectivity index (χ0v) is 12.1. The molecule has 0 radical (unpaired) electrons. The van der Waals surface area contributed by atoms with Gasteiger partial charge in [-0.05, 0) is 38.6 Å². The SMILES string of the molecule is Cl.O=C(NCC(=O)N1CCCCC1)C1CCCNC1. The Morgan fingerprint density at radius 2 is 1.89 bits per heavy atom. The van der Waals surface area contributed by atoms with Crippen LogP contribution in [0, 0.1) is 5.92 Å². The summed E-state index contributed by atoms with van der Waals surface area (Å²) >= 11 is 0. The fourth-order valence-electron chi connectivity index (χ4n) is 2.64. The second-order valence-electron chi connectivity index (χ2n) is 5.20. The van der Waals surface area contributed by atoms with Gasteiger partial charge < -0.3 is 15.5 Å². The van der Waals surface area contributed by atoms with E-state index in [-0.39, 0.29) is 36.7 Å². The van der Waals surface area contributed by atoms with Gasteiger partial charge in [-0.1, -0.05) is 0 Å². The zero-order valence-electron chi connectivity index (χ0n) is 11.3. The van der Waals surface area contributed by atoms with E-state index in [1.54, 1.807) is 0 Å². The summed E-state index contributed by atoms with van der Waals surface area (Å²) in [6, 6.07) is 0. The maximum Gasteiger partial charge on any atom is 0.241 e. The molecule has 2 N–H and O–H groups in total. The average molecular weight is 290 g/mol. The van der Waals surface area contributed by atoms with Crippen molar-refractivity contribution < 1.29 is 9.59 Å². The largest absolute Gasteiger partial charge is 0.347 e. The van der Waals surface area contributed by atoms with Crippen LogP contribution in [-0.2, 0) is 9.59 Å². The van der Waals surface area contributed by atoms with E-state index in [0.29, 0.717) is 0 Å². The summed E-state index contributed by atoms with van der Waals surface area (Å²) in [5, 5.41) is 5.99. The monoisotopic (exact) mass is 289 g/mol. The molecular weight excluding hydrogens is 266 g/mol. The Labute approximate surface area is 120 Å². The third-order valence-electron chi connectivity index (χ3n) is 3.79. The lowest BCUT2D eigenvalue weighted by Gasteiger charge is -2.27. The summed E-state index contributed by atoms with van der Waals surface area (Å²) in [5.41, 5.74) is 0. The molecule has 2 aliphatic rings. The van der Waals surface area contributed by atoms with Crippen molar-refractivity contribution in [2.45, 2.75) is 32.1 Å². The summed E-state index contributed by atoms with van der Waals surface area (Å²) in [7, 11) is 0. The lowest BCUT2D eigenvalue weighted by molar-refractivity contribution is -0.134. The number of hydrogen-bond donors (Lipinski definition) is 2. The molecule has 2 heterocycles. The van der Waals surface area contributed by atoms with Crippen LogP contribution in [0.25, 0.3) is 0 Å². The van der Waals surface area contributed by atoms with Gasteiger partial charge in [0.1, 0.15) is 0 Å². The van der Waals surface area contributed by atoms with Crippen molar-refractivity contribution in [3.8, 4) is 0 Å². The molecule has 0 aromatic rings. The minimum absolute atomic E-state index is 0. The van der Waals surface area contributed by atoms with Gasteiger partial charge in [-0.25, -0.2) is 0 Å². The molecule has 0 aromatic carbocycles. The van der Waals surface area contributed by atoms with E-state index in [1.807, 2.05) is 4.90 Å². The molecule has 1 atom stereocenters. The number of rotatable bonds is 3. The lowest BCUT2D eigenvalue weighted by Crippen LogP contribution is -2.46. The number of nitrogens with one attached hydrogen (secondary N) is 2. The normalized spacial score (nSPS) is 23.4. The van der Waals surface area contributed by atoms with Gasteiger partial charge in [0.25, 0.3) is 0 Å². The Morgan fingerprint density at radius 3 is 2.53 bits per heavy atom. The first-order valence-electron chi connectivity index (χ1n) is 7.03. The van der Waals surface area contributed by atoms with Gasteiger partial charge in [-0.15, -0.1) is 12.4 Å². The summed E-state index contributed by atoms with van der Waals surface area (Å²) in [6.07, 6.45) is 5.36. The Balaban J connectivity index is 0.00000180. The summed E-state index contributed by atoms with van der Waals surface area (Å²) in [4.78, 5) is 25.6. The van der Waals surface area contributed by atoms with Crippen LogP contribution in [0.5, 0.6) is 0 Å². The van der Waals surface area contributed by atoms with Crippen LogP contribution >= 0.6 is 12.4 Å². The number of amides is 2. The Kier molecular flexibility index (Phi) is 7.16. The highest BCUT2D eigenvalue weighted by atomic mass is 35.5. The van der Waals surface area contributed by atoms with Crippen molar-refractivity contribution in [3.05, 3.63) is 0 Å². The van der Waals surface area contributed by atoms with Crippen LogP contribution in [0.4, 0.5) is 0 Å². The van der Waals surface area contributed by atoms with Crippen LogP contribution < -0.4 is 10.6 Å². The molecule has 0 aliphatic carbocycles. The second-order valence-corrected chi connectivity index (χ2v) is 5.20. The van der Waals surface area contributed by atoms with Gasteiger partial charge >= 0.3 is 0 Å². The number of piperidine rings is 2. The van der Waals surface area contributed by atoms with E-state index in [9.17, 15) is 9.59 Å². The van der Waals surface area contributed by atoms with Gasteiger partial charge in [0, 0.05) is 19.6 Å². The van der Waals surface area contributed by atoms with Crippen LogP contribution in [-0.4, -0.2) is 49.4 Å². The van der Waals surface area contributed by atoms with E-state index >= 15 is 0 Å². The molecule has 0 bridgehead atoms. The minimum Gasteiger partial charge on any atom is -0.347 e. The third kappa shape index (κ3) is 4.99. The lowest BCUT2D eigenvalue weighted by atomic mass is 9.99. The quantitative estimate of drug-likeness (QED) is 0.797. The predicted molar refractivity (Wildman–Crippen MR) is 76.3 cm³/mol. The first-order chi connectivity index (χ1) is 8.77. The fourth-order valence-corrected chi connectivity index (χ4v) is 2.64. The molecule has 0 spiro atoms. The van der Waals surface area contributed by atoms with Gasteiger partial charge in [0.2, 0.25) is 11.8 Å². The molecule has 110 valence electrons. The third-order valence-corrected chi connectivity index (χ3v) is 3.79. The fraction of sp³-hybridized carbons (Fsp3) is 0.846. The number of carbonyl (C=O) groups excluding carboxylic acids is 2. The van der Waals surface area contributed by atoms with Crippen LogP contribution in [0.2, 0.25) is 0 Å². The Hall–Kier alpha value is -0.810. The van der Waals surface area contributed by atoms with E-state index in [1.165, 1.54) is 6.42 Å². The molecule has 2 amide bonds. The highest BCUT2D eigenvalue weighted by molar-refractivity contribution is 5.86. The predicted octanol–water partition coefficient (Wildman–Crippen LogP) is 0.536. The summed E-state index contributed by atoms with van der Waals surface area (Å²) in [5.74, 6) is 0.118. The highest BCUT2D eigenvalue weighted by Crippen LogP contribution is 2.10. The topological polar surface area (TPSA) is 61.4 Å². The summed E-state index contributed by atoms with van der Waals surface area (Å²) < 4.78 is 0. The van der Waals surface area contributed by atoms with Gasteiger partial charge in [-0.2, -0.15) is 0 Å². The second kappa shape index (κ2) is 8.38. The van der Waals surface area contributed by atoms with Crippen molar-refractivity contribution in [3.63, 3.8) is 0 Å². The van der Waals surface area contributed by atoms with Crippen LogP contribution in [0.1, 0.15) is 32.1 Å². The smallest absolute Gasteiger partial charge is 0.241 e. The van der Waals surface area contributed by atoms with E-state index < -0.39 is 0 Å². The van der Waals surface area contributed by atoms with Gasteiger partial charge in [0.05, 0.1) is 12.5 Å². The highest BCUT2D eigenvalue weighted by Gasteiger charge is 2.22. The van der Waals surface area contributed by atoms with Crippen molar-refractivity contribution in [1.29, 1.82) is 0 Å². The maximum atomic E-state index is 11.9. The molecular formula is C13H24ClN3O2. The average Bonchev–Trinajstić information content (AvgIpc) is 2.46. The molecule has 2 rings (SSSR count). The van der Waals surface area contributed by atoms with Crippen molar-refractivity contribution in [1.82, 2.24) is 15.5 Å². The number of nitrogens with zero attached hydrogens (tertiary/aromatic N) is 1. The van der Waals surface area contributed by atoms with Crippen molar-refractivity contribution >= 4 is 24.2 Å². The first-order valence-corrected chi connectivity index (χ1v) is 7.03. The van der Waals surface area contributed by atoms with Gasteiger partial charge in [-0.3, -0.25) is 9.59 Å². The standard InChI is InChI=1S/C13H23N3O2.ClH/c17-12(16-7-2-1-3-8-16)10-15-13(18)11-5-4-6-14-9-11;/h11,14H,1-10H2,(H,15,18);1H. The molecule has 6 heteroatoms. The molecule has 1 unspecified atom stereocenters. The molecule has 5 nitrogen and oxygen atoms in total. The number of halogens is 1.